The lowest BCUT2D eigenvalue weighted by molar-refractivity contribution is 0.414. The van der Waals surface area contributed by atoms with Crippen molar-refractivity contribution in [2.75, 3.05) is 17.3 Å². The van der Waals surface area contributed by atoms with Gasteiger partial charge in [0.15, 0.2) is 5.82 Å². The third kappa shape index (κ3) is 3.18. The topological polar surface area (TPSA) is 63.2 Å². The Balaban J connectivity index is 1.51. The average Bonchev–Trinajstić information content (AvgIpc) is 3.02. The maximum atomic E-state index is 5.18. The molecule has 2 aromatic carbocycles. The summed E-state index contributed by atoms with van der Waals surface area (Å²) in [6.07, 6.45) is 2.73. The number of aromatic nitrogens is 3. The average molecular weight is 347 g/mol. The van der Waals surface area contributed by atoms with E-state index in [1.54, 1.807) is 13.3 Å². The van der Waals surface area contributed by atoms with E-state index in [9.17, 15) is 0 Å². The molecule has 132 valence electrons. The summed E-state index contributed by atoms with van der Waals surface area (Å²) in [6, 6.07) is 16.7. The lowest BCUT2D eigenvalue weighted by Gasteiger charge is -2.23. The second-order valence-electron chi connectivity index (χ2n) is 6.39. The summed E-state index contributed by atoms with van der Waals surface area (Å²) in [4.78, 5) is 6.89. The van der Waals surface area contributed by atoms with E-state index in [1.165, 1.54) is 11.3 Å². The number of hydrogen-bond acceptors (Lipinski definition) is 6. The van der Waals surface area contributed by atoms with Crippen molar-refractivity contribution >= 4 is 17.5 Å². The highest BCUT2D eigenvalue weighted by molar-refractivity contribution is 5.68. The number of nitrogens with zero attached hydrogens (tertiary/aromatic N) is 4. The summed E-state index contributed by atoms with van der Waals surface area (Å²) in [6.45, 7) is 2.83. The zero-order valence-electron chi connectivity index (χ0n) is 14.9. The van der Waals surface area contributed by atoms with Crippen molar-refractivity contribution in [3.05, 3.63) is 65.9 Å². The van der Waals surface area contributed by atoms with Crippen LogP contribution in [0.4, 0.5) is 17.5 Å². The lowest BCUT2D eigenvalue weighted by atomic mass is 10.1. The van der Waals surface area contributed by atoms with Crippen LogP contribution in [0.15, 0.2) is 54.7 Å². The van der Waals surface area contributed by atoms with Crippen molar-refractivity contribution < 1.29 is 4.74 Å². The van der Waals surface area contributed by atoms with Crippen molar-refractivity contribution in [2.24, 2.45) is 0 Å². The Morgan fingerprint density at radius 3 is 2.77 bits per heavy atom. The number of fused-ring (bicyclic) bond motifs is 1. The second-order valence-corrected chi connectivity index (χ2v) is 6.39. The first-order valence-electron chi connectivity index (χ1n) is 8.68. The summed E-state index contributed by atoms with van der Waals surface area (Å²) in [7, 11) is 1.66. The van der Waals surface area contributed by atoms with Gasteiger partial charge < -0.3 is 15.0 Å². The van der Waals surface area contributed by atoms with E-state index in [4.69, 9.17) is 4.74 Å². The van der Waals surface area contributed by atoms with Crippen LogP contribution in [0.3, 0.4) is 0 Å². The van der Waals surface area contributed by atoms with Crippen molar-refractivity contribution in [2.45, 2.75) is 25.9 Å². The maximum absolute atomic E-state index is 5.18. The smallest absolute Gasteiger partial charge is 0.244 e. The SMILES string of the molecule is COc1ccc(CNc2nncc(N3c4ccccc4CC3C)n2)cc1. The molecule has 0 radical (unpaired) electrons. The van der Waals surface area contributed by atoms with Gasteiger partial charge in [0.1, 0.15) is 5.75 Å². The highest BCUT2D eigenvalue weighted by Crippen LogP contribution is 2.36. The first kappa shape index (κ1) is 16.3. The molecule has 0 saturated carbocycles. The summed E-state index contributed by atoms with van der Waals surface area (Å²) in [5.74, 6) is 2.18. The van der Waals surface area contributed by atoms with Gasteiger partial charge in [-0.1, -0.05) is 30.3 Å². The van der Waals surface area contributed by atoms with Gasteiger partial charge in [-0.05, 0) is 42.7 Å². The number of hydrogen-bond donors (Lipinski definition) is 1. The number of benzene rings is 2. The summed E-state index contributed by atoms with van der Waals surface area (Å²) in [5, 5.41) is 11.5. The molecule has 0 fully saturated rings. The van der Waals surface area contributed by atoms with Gasteiger partial charge >= 0.3 is 0 Å². The van der Waals surface area contributed by atoms with E-state index in [-0.39, 0.29) is 0 Å². The number of methoxy groups -OCH3 is 1. The fourth-order valence-corrected chi connectivity index (χ4v) is 3.33. The van der Waals surface area contributed by atoms with E-state index in [0.717, 1.165) is 23.6 Å². The first-order chi connectivity index (χ1) is 12.7. The van der Waals surface area contributed by atoms with Gasteiger partial charge in [0, 0.05) is 18.3 Å². The Kier molecular flexibility index (Phi) is 4.39. The Hall–Kier alpha value is -3.15. The van der Waals surface area contributed by atoms with Crippen LogP contribution in [0.1, 0.15) is 18.1 Å². The molecule has 1 aromatic heterocycles. The lowest BCUT2D eigenvalue weighted by Crippen LogP contribution is -2.25. The van der Waals surface area contributed by atoms with Crippen molar-refractivity contribution in [3.63, 3.8) is 0 Å². The molecule has 1 aliphatic heterocycles. The summed E-state index contributed by atoms with van der Waals surface area (Å²) < 4.78 is 5.18. The highest BCUT2D eigenvalue weighted by Gasteiger charge is 2.28. The molecule has 0 bridgehead atoms. The van der Waals surface area contributed by atoms with Gasteiger partial charge in [-0.25, -0.2) is 0 Å². The van der Waals surface area contributed by atoms with Crippen molar-refractivity contribution in [1.29, 1.82) is 0 Å². The molecule has 6 heteroatoms. The number of para-hydroxylation sites is 1. The van der Waals surface area contributed by atoms with E-state index < -0.39 is 0 Å². The van der Waals surface area contributed by atoms with E-state index in [1.807, 2.05) is 24.3 Å². The Labute approximate surface area is 152 Å². The molecule has 1 aliphatic rings. The molecule has 4 rings (SSSR count). The monoisotopic (exact) mass is 347 g/mol. The molecule has 0 saturated heterocycles. The zero-order valence-corrected chi connectivity index (χ0v) is 14.9. The minimum atomic E-state index is 0.346. The number of rotatable bonds is 5. The van der Waals surface area contributed by atoms with E-state index in [0.29, 0.717) is 18.5 Å². The molecule has 1 atom stereocenters. The molecule has 1 N–H and O–H groups in total. The number of ether oxygens (including phenoxy) is 1. The van der Waals surface area contributed by atoms with Gasteiger partial charge in [-0.15, -0.1) is 5.10 Å². The van der Waals surface area contributed by atoms with Gasteiger partial charge in [0.05, 0.1) is 13.3 Å². The third-order valence-electron chi connectivity index (χ3n) is 4.61. The molecule has 0 spiro atoms. The minimum absolute atomic E-state index is 0.346. The predicted octanol–water partition coefficient (Wildman–Crippen LogP) is 3.58. The Morgan fingerprint density at radius 1 is 1.15 bits per heavy atom. The van der Waals surface area contributed by atoms with Crippen LogP contribution in [-0.2, 0) is 13.0 Å². The molecular weight excluding hydrogens is 326 g/mol. The summed E-state index contributed by atoms with van der Waals surface area (Å²) in [5.41, 5.74) is 3.66. The molecule has 26 heavy (non-hydrogen) atoms. The van der Waals surface area contributed by atoms with Crippen LogP contribution in [0.5, 0.6) is 5.75 Å². The first-order valence-corrected chi connectivity index (χ1v) is 8.68. The maximum Gasteiger partial charge on any atom is 0.244 e. The Morgan fingerprint density at radius 2 is 1.96 bits per heavy atom. The molecule has 1 unspecified atom stereocenters. The largest absolute Gasteiger partial charge is 0.497 e. The molecule has 0 amide bonds. The molecule has 6 nitrogen and oxygen atoms in total. The van der Waals surface area contributed by atoms with Crippen molar-refractivity contribution in [3.8, 4) is 5.75 Å². The normalized spacial score (nSPS) is 15.6. The summed E-state index contributed by atoms with van der Waals surface area (Å²) >= 11 is 0. The van der Waals surface area contributed by atoms with Crippen LogP contribution < -0.4 is 15.0 Å². The number of nitrogens with one attached hydrogen (secondary N) is 1. The van der Waals surface area contributed by atoms with Gasteiger partial charge in [-0.2, -0.15) is 10.1 Å². The molecule has 2 heterocycles. The van der Waals surface area contributed by atoms with Gasteiger partial charge in [0.25, 0.3) is 0 Å². The minimum Gasteiger partial charge on any atom is -0.497 e. The van der Waals surface area contributed by atoms with Crippen LogP contribution >= 0.6 is 0 Å². The van der Waals surface area contributed by atoms with Crippen molar-refractivity contribution in [1.82, 2.24) is 15.2 Å². The van der Waals surface area contributed by atoms with Crippen LogP contribution in [0, 0.1) is 0 Å². The standard InChI is InChI=1S/C20H21N5O/c1-14-11-16-5-3-4-6-18(16)25(14)19-13-22-24-20(23-19)21-12-15-7-9-17(26-2)10-8-15/h3-10,13-14H,11-12H2,1-2H3,(H,21,23,24). The predicted molar refractivity (Wildman–Crippen MR) is 102 cm³/mol. The van der Waals surface area contributed by atoms with E-state index in [2.05, 4.69) is 56.6 Å². The molecule has 3 aromatic rings. The van der Waals surface area contributed by atoms with Crippen LogP contribution in [-0.4, -0.2) is 28.3 Å². The molecule has 0 aliphatic carbocycles. The fourth-order valence-electron chi connectivity index (χ4n) is 3.33. The second kappa shape index (κ2) is 7.00. The quantitative estimate of drug-likeness (QED) is 0.761. The van der Waals surface area contributed by atoms with Crippen LogP contribution in [0.25, 0.3) is 0 Å². The zero-order chi connectivity index (χ0) is 17.9. The number of anilines is 3. The fraction of sp³-hybridized carbons (Fsp3) is 0.250. The molecular formula is C20H21N5O. The van der Waals surface area contributed by atoms with Gasteiger partial charge in [0.2, 0.25) is 5.95 Å². The Bertz CT molecular complexity index is 897. The van der Waals surface area contributed by atoms with Gasteiger partial charge in [-0.3, -0.25) is 0 Å². The van der Waals surface area contributed by atoms with E-state index >= 15 is 0 Å². The highest BCUT2D eigenvalue weighted by atomic mass is 16.5. The third-order valence-corrected chi connectivity index (χ3v) is 4.61. The van der Waals surface area contributed by atoms with Crippen LogP contribution in [0.2, 0.25) is 0 Å².